The van der Waals surface area contributed by atoms with Gasteiger partial charge in [0.15, 0.2) is 5.16 Å². The van der Waals surface area contributed by atoms with Crippen molar-refractivity contribution in [1.82, 2.24) is 19.9 Å². The van der Waals surface area contributed by atoms with Crippen molar-refractivity contribution in [3.05, 3.63) is 58.9 Å². The van der Waals surface area contributed by atoms with Gasteiger partial charge in [-0.25, -0.2) is 9.55 Å². The molecule has 2 heterocycles. The number of fused-ring (bicyclic) bond motifs is 3. The van der Waals surface area contributed by atoms with Gasteiger partial charge in [-0.3, -0.25) is 9.59 Å². The number of carbonyl (C=O) groups excluding carboxylic acids is 1. The predicted octanol–water partition coefficient (Wildman–Crippen LogP) is 4.42. The summed E-state index contributed by atoms with van der Waals surface area (Å²) in [6.07, 6.45) is 5.61. The number of ether oxygens (including phenoxy) is 1. The Morgan fingerprint density at radius 3 is 2.73 bits per heavy atom. The number of nitrogens with one attached hydrogen (secondary N) is 2. The van der Waals surface area contributed by atoms with Gasteiger partial charge in [-0.05, 0) is 31.0 Å². The predicted molar refractivity (Wildman–Crippen MR) is 131 cm³/mol. The Kier molecular flexibility index (Phi) is 6.09. The Morgan fingerprint density at radius 2 is 1.91 bits per heavy atom. The third-order valence-corrected chi connectivity index (χ3v) is 7.06. The molecule has 0 bridgehead atoms. The van der Waals surface area contributed by atoms with Crippen LogP contribution in [0.1, 0.15) is 32.1 Å². The molecule has 8 heteroatoms. The summed E-state index contributed by atoms with van der Waals surface area (Å²) in [6, 6.07) is 15.3. The Morgan fingerprint density at radius 1 is 1.15 bits per heavy atom. The molecule has 1 aliphatic rings. The molecule has 2 aromatic carbocycles. The monoisotopic (exact) mass is 462 g/mol. The van der Waals surface area contributed by atoms with Crippen molar-refractivity contribution in [2.75, 3.05) is 12.9 Å². The quantitative estimate of drug-likeness (QED) is 0.327. The maximum absolute atomic E-state index is 13.7. The number of hydrogen-bond donors (Lipinski definition) is 2. The van der Waals surface area contributed by atoms with Crippen LogP contribution in [0.5, 0.6) is 5.75 Å². The summed E-state index contributed by atoms with van der Waals surface area (Å²) in [6.45, 7) is 0. The first-order chi connectivity index (χ1) is 16.2. The van der Waals surface area contributed by atoms with Crippen LogP contribution in [0.25, 0.3) is 27.6 Å². The third-order valence-electron chi connectivity index (χ3n) is 6.12. The van der Waals surface area contributed by atoms with E-state index in [2.05, 4.69) is 10.3 Å². The lowest BCUT2D eigenvalue weighted by molar-refractivity contribution is -0.119. The lowest BCUT2D eigenvalue weighted by Crippen LogP contribution is -2.37. The number of benzene rings is 2. The van der Waals surface area contributed by atoms with Gasteiger partial charge in [-0.15, -0.1) is 0 Å². The molecule has 170 valence electrons. The molecular weight excluding hydrogens is 436 g/mol. The van der Waals surface area contributed by atoms with Crippen molar-refractivity contribution >= 4 is 39.6 Å². The van der Waals surface area contributed by atoms with Crippen LogP contribution in [0, 0.1) is 0 Å². The summed E-state index contributed by atoms with van der Waals surface area (Å²) < 4.78 is 7.06. The Hall–Kier alpha value is -3.26. The van der Waals surface area contributed by atoms with E-state index in [0.717, 1.165) is 36.6 Å². The molecule has 7 nitrogen and oxygen atoms in total. The molecule has 0 radical (unpaired) electrons. The van der Waals surface area contributed by atoms with Crippen LogP contribution < -0.4 is 15.6 Å². The van der Waals surface area contributed by atoms with Crippen molar-refractivity contribution in [3.8, 4) is 11.4 Å². The van der Waals surface area contributed by atoms with E-state index in [-0.39, 0.29) is 23.3 Å². The Bertz CT molecular complexity index is 1370. The number of rotatable bonds is 6. The van der Waals surface area contributed by atoms with Crippen LogP contribution >= 0.6 is 11.8 Å². The first-order valence-corrected chi connectivity index (χ1v) is 12.2. The maximum Gasteiger partial charge on any atom is 0.283 e. The highest BCUT2D eigenvalue weighted by Crippen LogP contribution is 2.29. The third kappa shape index (κ3) is 4.23. The van der Waals surface area contributed by atoms with E-state index in [9.17, 15) is 9.59 Å². The molecule has 2 N–H and O–H groups in total. The number of aromatic nitrogens is 3. The molecule has 1 fully saturated rings. The fraction of sp³-hybridized carbons (Fsp3) is 0.320. The van der Waals surface area contributed by atoms with Crippen LogP contribution in [0.2, 0.25) is 0 Å². The molecule has 0 aliphatic heterocycles. The van der Waals surface area contributed by atoms with Gasteiger partial charge in [0.25, 0.3) is 5.56 Å². The van der Waals surface area contributed by atoms with Gasteiger partial charge in [0, 0.05) is 16.9 Å². The van der Waals surface area contributed by atoms with Gasteiger partial charge in [-0.1, -0.05) is 61.4 Å². The van der Waals surface area contributed by atoms with E-state index in [1.54, 1.807) is 13.2 Å². The Balaban J connectivity index is 1.57. The van der Waals surface area contributed by atoms with Gasteiger partial charge < -0.3 is 15.0 Å². The minimum Gasteiger partial charge on any atom is -0.495 e. The van der Waals surface area contributed by atoms with Crippen LogP contribution in [0.4, 0.5) is 0 Å². The summed E-state index contributed by atoms with van der Waals surface area (Å²) in [4.78, 5) is 34.4. The SMILES string of the molecule is COc1ccccc1-n1c(SCC(=O)NC2CCCCC2)nc2c([nH]c3ccccc32)c1=O. The molecule has 5 rings (SSSR count). The largest absolute Gasteiger partial charge is 0.495 e. The number of carbonyl (C=O) groups is 1. The molecule has 0 spiro atoms. The Labute approximate surface area is 195 Å². The maximum atomic E-state index is 13.7. The molecular formula is C25H26N4O3S. The second-order valence-corrected chi connectivity index (χ2v) is 9.23. The lowest BCUT2D eigenvalue weighted by Gasteiger charge is -2.22. The van der Waals surface area contributed by atoms with Gasteiger partial charge in [0.05, 0.1) is 18.6 Å². The number of H-pyrrole nitrogens is 1. The number of nitrogens with zero attached hydrogens (tertiary/aromatic N) is 2. The number of amides is 1. The minimum absolute atomic E-state index is 0.0354. The number of hydrogen-bond acceptors (Lipinski definition) is 5. The molecule has 0 atom stereocenters. The summed E-state index contributed by atoms with van der Waals surface area (Å²) in [5.41, 5.74) is 2.25. The second-order valence-electron chi connectivity index (χ2n) is 8.29. The molecule has 1 saturated carbocycles. The lowest BCUT2D eigenvalue weighted by atomic mass is 9.95. The van der Waals surface area contributed by atoms with E-state index in [4.69, 9.17) is 9.72 Å². The van der Waals surface area contributed by atoms with Crippen LogP contribution in [-0.2, 0) is 4.79 Å². The minimum atomic E-state index is -0.226. The summed E-state index contributed by atoms with van der Waals surface area (Å²) >= 11 is 1.27. The van der Waals surface area contributed by atoms with Gasteiger partial charge >= 0.3 is 0 Å². The molecule has 1 aliphatic carbocycles. The average molecular weight is 463 g/mol. The number of methoxy groups -OCH3 is 1. The standard InChI is InChI=1S/C25H26N4O3S/c1-32-20-14-8-7-13-19(20)29-24(31)23-22(17-11-5-6-12-18(17)27-23)28-25(29)33-15-21(30)26-16-9-3-2-4-10-16/h5-8,11-14,16,27H,2-4,9-10,15H2,1H3,(H,26,30). The summed E-state index contributed by atoms with van der Waals surface area (Å²) in [7, 11) is 1.57. The second kappa shape index (κ2) is 9.31. The van der Waals surface area contributed by atoms with Gasteiger partial charge in [0.1, 0.15) is 16.8 Å². The van der Waals surface area contributed by atoms with Gasteiger partial charge in [0.2, 0.25) is 5.91 Å². The first kappa shape index (κ1) is 21.6. The summed E-state index contributed by atoms with van der Waals surface area (Å²) in [5, 5.41) is 4.48. The van der Waals surface area contributed by atoms with Crippen molar-refractivity contribution < 1.29 is 9.53 Å². The fourth-order valence-corrected chi connectivity index (χ4v) is 5.32. The van der Waals surface area contributed by atoms with E-state index in [1.165, 1.54) is 22.7 Å². The topological polar surface area (TPSA) is 89.0 Å². The van der Waals surface area contributed by atoms with Crippen molar-refractivity contribution in [2.45, 2.75) is 43.3 Å². The van der Waals surface area contributed by atoms with Crippen LogP contribution in [0.3, 0.4) is 0 Å². The zero-order chi connectivity index (χ0) is 22.8. The fourth-order valence-electron chi connectivity index (χ4n) is 4.51. The highest BCUT2D eigenvalue weighted by molar-refractivity contribution is 7.99. The molecule has 0 unspecified atom stereocenters. The molecule has 4 aromatic rings. The number of aromatic amines is 1. The number of thioether (sulfide) groups is 1. The smallest absolute Gasteiger partial charge is 0.283 e. The zero-order valence-corrected chi connectivity index (χ0v) is 19.3. The van der Waals surface area contributed by atoms with Crippen molar-refractivity contribution in [1.29, 1.82) is 0 Å². The molecule has 33 heavy (non-hydrogen) atoms. The van der Waals surface area contributed by atoms with E-state index in [1.807, 2.05) is 42.5 Å². The first-order valence-electron chi connectivity index (χ1n) is 11.2. The molecule has 0 saturated heterocycles. The highest BCUT2D eigenvalue weighted by atomic mass is 32.2. The van der Waals surface area contributed by atoms with Gasteiger partial charge in [-0.2, -0.15) is 0 Å². The molecule has 2 aromatic heterocycles. The van der Waals surface area contributed by atoms with E-state index in [0.29, 0.717) is 27.6 Å². The van der Waals surface area contributed by atoms with Crippen molar-refractivity contribution in [3.63, 3.8) is 0 Å². The van der Waals surface area contributed by atoms with E-state index >= 15 is 0 Å². The normalized spacial score (nSPS) is 14.6. The van der Waals surface area contributed by atoms with Crippen LogP contribution in [0.15, 0.2) is 58.5 Å². The summed E-state index contributed by atoms with van der Waals surface area (Å²) in [5.74, 6) is 0.712. The van der Waals surface area contributed by atoms with Crippen LogP contribution in [-0.4, -0.2) is 39.3 Å². The highest BCUT2D eigenvalue weighted by Gasteiger charge is 2.21. The average Bonchev–Trinajstić information content (AvgIpc) is 3.22. The van der Waals surface area contributed by atoms with Crippen molar-refractivity contribution in [2.24, 2.45) is 0 Å². The molecule has 1 amide bonds. The van der Waals surface area contributed by atoms with E-state index < -0.39 is 0 Å². The number of para-hydroxylation sites is 3. The zero-order valence-electron chi connectivity index (χ0n) is 18.5.